The predicted molar refractivity (Wildman–Crippen MR) is 44.0 cm³/mol. The molecule has 0 amide bonds. The van der Waals surface area contributed by atoms with Crippen LogP contribution in [-0.4, -0.2) is 39.4 Å². The van der Waals surface area contributed by atoms with Gasteiger partial charge in [-0.15, -0.1) is 0 Å². The monoisotopic (exact) mass is 188 g/mol. The molecule has 0 aliphatic rings. The number of hydrogen-bond donors (Lipinski definition) is 0. The zero-order valence-electron chi connectivity index (χ0n) is 7.66. The Morgan fingerprint density at radius 2 is 1.85 bits per heavy atom. The predicted octanol–water partition coefficient (Wildman–Crippen LogP) is -0.0948. The molecule has 74 valence electrons. The minimum Gasteiger partial charge on any atom is -0.466 e. The van der Waals surface area contributed by atoms with E-state index >= 15 is 0 Å². The quantitative estimate of drug-likeness (QED) is 0.445. The molecule has 0 aromatic rings. The Bertz CT molecular complexity index is 209. The molecule has 0 aliphatic carbocycles. The highest BCUT2D eigenvalue weighted by atomic mass is 16.6. The van der Waals surface area contributed by atoms with Gasteiger partial charge in [0.15, 0.2) is 0 Å². The minimum absolute atomic E-state index is 0.0898. The fourth-order valence-corrected chi connectivity index (χ4v) is 0.530. The summed E-state index contributed by atoms with van der Waals surface area (Å²) in [5, 5.41) is 0. The normalized spacial score (nSPS) is 9.08. The zero-order chi connectivity index (χ0) is 10.3. The number of esters is 2. The van der Waals surface area contributed by atoms with Crippen LogP contribution in [0.3, 0.4) is 0 Å². The van der Waals surface area contributed by atoms with Gasteiger partial charge in [-0.3, -0.25) is 0 Å². The second-order valence-electron chi connectivity index (χ2n) is 2.19. The molecule has 0 aromatic carbocycles. The standard InChI is InChI=1S/C8H12O5/c1-6(8(10)12-3)4-13-7(9)5-11-2/h1,4-5H2,2-3H3. The van der Waals surface area contributed by atoms with E-state index in [2.05, 4.69) is 20.8 Å². The van der Waals surface area contributed by atoms with Crippen molar-refractivity contribution in [3.8, 4) is 0 Å². The van der Waals surface area contributed by atoms with E-state index in [0.717, 1.165) is 0 Å². The average molecular weight is 188 g/mol. The van der Waals surface area contributed by atoms with Crippen molar-refractivity contribution in [2.24, 2.45) is 0 Å². The van der Waals surface area contributed by atoms with E-state index in [1.807, 2.05) is 0 Å². The summed E-state index contributed by atoms with van der Waals surface area (Å²) in [4.78, 5) is 21.5. The molecule has 0 radical (unpaired) electrons. The van der Waals surface area contributed by atoms with Crippen LogP contribution >= 0.6 is 0 Å². The molecule has 0 aliphatic heterocycles. The summed E-state index contributed by atoms with van der Waals surface area (Å²) in [7, 11) is 2.60. The zero-order valence-corrected chi connectivity index (χ0v) is 7.66. The second kappa shape index (κ2) is 6.19. The maximum Gasteiger partial charge on any atom is 0.336 e. The first-order valence-electron chi connectivity index (χ1n) is 3.52. The molecule has 0 fully saturated rings. The van der Waals surface area contributed by atoms with Gasteiger partial charge in [0.2, 0.25) is 0 Å². The van der Waals surface area contributed by atoms with Gasteiger partial charge < -0.3 is 14.2 Å². The topological polar surface area (TPSA) is 61.8 Å². The summed E-state index contributed by atoms with van der Waals surface area (Å²) < 4.78 is 13.4. The number of hydrogen-bond acceptors (Lipinski definition) is 5. The van der Waals surface area contributed by atoms with Crippen molar-refractivity contribution in [2.75, 3.05) is 27.4 Å². The molecule has 5 heteroatoms. The Morgan fingerprint density at radius 3 is 2.31 bits per heavy atom. The van der Waals surface area contributed by atoms with Gasteiger partial charge in [0.25, 0.3) is 0 Å². The largest absolute Gasteiger partial charge is 0.466 e. The van der Waals surface area contributed by atoms with Crippen LogP contribution < -0.4 is 0 Å². The first-order valence-corrected chi connectivity index (χ1v) is 3.52. The summed E-state index contributed by atoms with van der Waals surface area (Å²) in [5.41, 5.74) is 0.0898. The molecular formula is C8H12O5. The Balaban J connectivity index is 3.70. The summed E-state index contributed by atoms with van der Waals surface area (Å²) >= 11 is 0. The molecule has 0 heterocycles. The smallest absolute Gasteiger partial charge is 0.336 e. The van der Waals surface area contributed by atoms with Crippen LogP contribution in [0, 0.1) is 0 Å². The molecule has 5 nitrogen and oxygen atoms in total. The fourth-order valence-electron chi connectivity index (χ4n) is 0.530. The maximum atomic E-state index is 10.7. The average Bonchev–Trinajstić information content (AvgIpc) is 2.13. The van der Waals surface area contributed by atoms with Crippen LogP contribution in [0.1, 0.15) is 0 Å². The van der Waals surface area contributed by atoms with Crippen molar-refractivity contribution in [2.45, 2.75) is 0 Å². The van der Waals surface area contributed by atoms with E-state index in [9.17, 15) is 9.59 Å². The first kappa shape index (κ1) is 11.6. The van der Waals surface area contributed by atoms with E-state index in [0.29, 0.717) is 0 Å². The lowest BCUT2D eigenvalue weighted by molar-refractivity contribution is -0.147. The number of methoxy groups -OCH3 is 2. The molecule has 13 heavy (non-hydrogen) atoms. The van der Waals surface area contributed by atoms with Crippen molar-refractivity contribution in [1.29, 1.82) is 0 Å². The highest BCUT2D eigenvalue weighted by molar-refractivity contribution is 5.88. The van der Waals surface area contributed by atoms with E-state index in [1.165, 1.54) is 14.2 Å². The Kier molecular flexibility index (Phi) is 5.54. The van der Waals surface area contributed by atoms with Crippen molar-refractivity contribution in [3.63, 3.8) is 0 Å². The van der Waals surface area contributed by atoms with Crippen molar-refractivity contribution in [3.05, 3.63) is 12.2 Å². The van der Waals surface area contributed by atoms with Crippen LogP contribution in [0.5, 0.6) is 0 Å². The van der Waals surface area contributed by atoms with Crippen LogP contribution in [0.25, 0.3) is 0 Å². The summed E-state index contributed by atoms with van der Waals surface area (Å²) in [6.45, 7) is 3.05. The summed E-state index contributed by atoms with van der Waals surface area (Å²) in [5.74, 6) is -1.14. The molecule has 0 unspecified atom stereocenters. The van der Waals surface area contributed by atoms with Gasteiger partial charge in [-0.05, 0) is 0 Å². The first-order chi connectivity index (χ1) is 6.11. The number of carbonyl (C=O) groups excluding carboxylic acids is 2. The molecule has 0 saturated heterocycles. The van der Waals surface area contributed by atoms with Gasteiger partial charge in [0.05, 0.1) is 12.7 Å². The summed E-state index contributed by atoms with van der Waals surface area (Å²) in [6.07, 6.45) is 0. The van der Waals surface area contributed by atoms with E-state index in [4.69, 9.17) is 0 Å². The van der Waals surface area contributed by atoms with E-state index in [-0.39, 0.29) is 18.8 Å². The second-order valence-corrected chi connectivity index (χ2v) is 2.19. The highest BCUT2D eigenvalue weighted by Gasteiger charge is 2.09. The maximum absolute atomic E-state index is 10.7. The van der Waals surface area contributed by atoms with E-state index < -0.39 is 11.9 Å². The third kappa shape index (κ3) is 4.97. The SMILES string of the molecule is C=C(COC(=O)COC)C(=O)OC. The van der Waals surface area contributed by atoms with Gasteiger partial charge >= 0.3 is 11.9 Å². The van der Waals surface area contributed by atoms with Crippen molar-refractivity contribution < 1.29 is 23.8 Å². The van der Waals surface area contributed by atoms with Gasteiger partial charge in [-0.1, -0.05) is 6.58 Å². The van der Waals surface area contributed by atoms with Gasteiger partial charge in [-0.25, -0.2) is 9.59 Å². The minimum atomic E-state index is -0.592. The van der Waals surface area contributed by atoms with Crippen LogP contribution in [0.15, 0.2) is 12.2 Å². The molecule has 0 atom stereocenters. The van der Waals surface area contributed by atoms with Crippen LogP contribution in [0.4, 0.5) is 0 Å². The third-order valence-electron chi connectivity index (χ3n) is 1.14. The fraction of sp³-hybridized carbons (Fsp3) is 0.500. The van der Waals surface area contributed by atoms with E-state index in [1.54, 1.807) is 0 Å². The summed E-state index contributed by atoms with van der Waals surface area (Å²) in [6, 6.07) is 0. The number of carbonyl (C=O) groups is 2. The highest BCUT2D eigenvalue weighted by Crippen LogP contribution is 1.94. The lowest BCUT2D eigenvalue weighted by atomic mass is 10.3. The van der Waals surface area contributed by atoms with Crippen LogP contribution in [0.2, 0.25) is 0 Å². The van der Waals surface area contributed by atoms with Gasteiger partial charge in [0.1, 0.15) is 13.2 Å². The molecule has 0 N–H and O–H groups in total. The third-order valence-corrected chi connectivity index (χ3v) is 1.14. The van der Waals surface area contributed by atoms with Crippen molar-refractivity contribution >= 4 is 11.9 Å². The van der Waals surface area contributed by atoms with Crippen molar-refractivity contribution in [1.82, 2.24) is 0 Å². The van der Waals surface area contributed by atoms with Crippen LogP contribution in [-0.2, 0) is 23.8 Å². The molecule has 0 rings (SSSR count). The lowest BCUT2D eigenvalue weighted by Gasteiger charge is -2.04. The van der Waals surface area contributed by atoms with Gasteiger partial charge in [-0.2, -0.15) is 0 Å². The molecule has 0 spiro atoms. The number of ether oxygens (including phenoxy) is 3. The Hall–Kier alpha value is -1.36. The number of rotatable bonds is 5. The molecule has 0 saturated carbocycles. The Labute approximate surface area is 76.3 Å². The molecule has 0 aromatic heterocycles. The Morgan fingerprint density at radius 1 is 1.23 bits per heavy atom. The molecular weight excluding hydrogens is 176 g/mol. The molecule has 0 bridgehead atoms. The lowest BCUT2D eigenvalue weighted by Crippen LogP contribution is -2.16. The van der Waals surface area contributed by atoms with Gasteiger partial charge in [0, 0.05) is 7.11 Å².